The molecule has 0 spiro atoms. The number of hydrogen-bond donors (Lipinski definition) is 1. The molecule has 0 bridgehead atoms. The molecule has 1 aromatic rings. The molecule has 20 heavy (non-hydrogen) atoms. The number of hydrogen-bond acceptors (Lipinski definition) is 3. The first-order valence-electron chi connectivity index (χ1n) is 6.83. The number of nitrogens with two attached hydrogens (primary N) is 1. The Morgan fingerprint density at radius 1 is 1.45 bits per heavy atom. The minimum absolute atomic E-state index is 0.0536. The average molecular weight is 284 g/mol. The Balaban J connectivity index is 2.34. The summed E-state index contributed by atoms with van der Waals surface area (Å²) >= 11 is 0. The van der Waals surface area contributed by atoms with Crippen LogP contribution in [0.2, 0.25) is 0 Å². The maximum atomic E-state index is 13.7. The summed E-state index contributed by atoms with van der Waals surface area (Å²) in [5.41, 5.74) is 6.56. The molecule has 0 saturated carbocycles. The highest BCUT2D eigenvalue weighted by atomic mass is 19.3. The van der Waals surface area contributed by atoms with Gasteiger partial charge in [-0.1, -0.05) is 6.07 Å². The fraction of sp³-hybridized carbons (Fsp3) is 0.600. The molecule has 0 amide bonds. The standard InChI is InChI=1S/C15H22F2N2O/c1-15(16,17)12-7-11(4-5-14(12)20-3)13-6-10(8-18)9-19(13)2/h4-5,7,10,13H,6,8-9,18H2,1-3H3. The summed E-state index contributed by atoms with van der Waals surface area (Å²) in [5.74, 6) is -2.25. The third kappa shape index (κ3) is 2.94. The van der Waals surface area contributed by atoms with Crippen molar-refractivity contribution in [2.24, 2.45) is 11.7 Å². The Morgan fingerprint density at radius 2 is 2.15 bits per heavy atom. The van der Waals surface area contributed by atoms with E-state index in [1.54, 1.807) is 12.1 Å². The van der Waals surface area contributed by atoms with Crippen LogP contribution >= 0.6 is 0 Å². The molecule has 0 aromatic heterocycles. The van der Waals surface area contributed by atoms with Crippen molar-refractivity contribution in [2.45, 2.75) is 25.3 Å². The van der Waals surface area contributed by atoms with Crippen LogP contribution in [0.5, 0.6) is 5.75 Å². The lowest BCUT2D eigenvalue weighted by molar-refractivity contribution is 0.0149. The average Bonchev–Trinajstić information content (AvgIpc) is 2.78. The molecule has 0 aliphatic carbocycles. The van der Waals surface area contributed by atoms with Gasteiger partial charge in [0, 0.05) is 19.5 Å². The van der Waals surface area contributed by atoms with E-state index in [9.17, 15) is 8.78 Å². The van der Waals surface area contributed by atoms with Gasteiger partial charge in [-0.3, -0.25) is 4.90 Å². The molecular weight excluding hydrogens is 262 g/mol. The molecule has 3 nitrogen and oxygen atoms in total. The zero-order valence-electron chi connectivity index (χ0n) is 12.2. The number of nitrogens with zero attached hydrogens (tertiary/aromatic N) is 1. The van der Waals surface area contributed by atoms with Crippen LogP contribution in [0.15, 0.2) is 18.2 Å². The molecule has 0 radical (unpaired) electrons. The molecule has 2 atom stereocenters. The van der Waals surface area contributed by atoms with Gasteiger partial charge >= 0.3 is 0 Å². The summed E-state index contributed by atoms with van der Waals surface area (Å²) in [7, 11) is 3.42. The Morgan fingerprint density at radius 3 is 2.65 bits per heavy atom. The third-order valence-corrected chi connectivity index (χ3v) is 4.05. The van der Waals surface area contributed by atoms with Crippen molar-refractivity contribution in [1.82, 2.24) is 4.90 Å². The third-order valence-electron chi connectivity index (χ3n) is 4.05. The molecule has 1 fully saturated rings. The van der Waals surface area contributed by atoms with E-state index in [2.05, 4.69) is 4.90 Å². The molecule has 2 N–H and O–H groups in total. The largest absolute Gasteiger partial charge is 0.496 e. The molecule has 1 saturated heterocycles. The van der Waals surface area contributed by atoms with Crippen molar-refractivity contribution < 1.29 is 13.5 Å². The van der Waals surface area contributed by atoms with Gasteiger partial charge in [-0.15, -0.1) is 0 Å². The number of halogens is 2. The Kier molecular flexibility index (Phi) is 4.30. The highest BCUT2D eigenvalue weighted by Crippen LogP contribution is 2.39. The van der Waals surface area contributed by atoms with Crippen molar-refractivity contribution in [3.05, 3.63) is 29.3 Å². The first-order chi connectivity index (χ1) is 9.36. The summed E-state index contributed by atoms with van der Waals surface area (Å²) in [6.45, 7) is 2.44. The number of methoxy groups -OCH3 is 1. The first kappa shape index (κ1) is 15.2. The monoisotopic (exact) mass is 284 g/mol. The predicted octanol–water partition coefficient (Wildman–Crippen LogP) is 2.76. The minimum Gasteiger partial charge on any atom is -0.496 e. The van der Waals surface area contributed by atoms with Crippen molar-refractivity contribution in [3.8, 4) is 5.75 Å². The van der Waals surface area contributed by atoms with Gasteiger partial charge in [0.1, 0.15) is 5.75 Å². The summed E-state index contributed by atoms with van der Waals surface area (Å²) in [6.07, 6.45) is 0.911. The normalized spacial score (nSPS) is 24.1. The summed E-state index contributed by atoms with van der Waals surface area (Å²) < 4.78 is 32.4. The molecule has 5 heteroatoms. The van der Waals surface area contributed by atoms with Crippen LogP contribution in [0, 0.1) is 5.92 Å². The van der Waals surface area contributed by atoms with E-state index < -0.39 is 5.92 Å². The number of rotatable bonds is 4. The number of ether oxygens (including phenoxy) is 1. The quantitative estimate of drug-likeness (QED) is 0.924. The fourth-order valence-electron chi connectivity index (χ4n) is 2.94. The summed E-state index contributed by atoms with van der Waals surface area (Å²) in [4.78, 5) is 2.18. The highest BCUT2D eigenvalue weighted by molar-refractivity contribution is 5.41. The highest BCUT2D eigenvalue weighted by Gasteiger charge is 2.33. The Labute approximate surface area is 118 Å². The summed E-state index contributed by atoms with van der Waals surface area (Å²) in [5, 5.41) is 0. The van der Waals surface area contributed by atoms with Crippen molar-refractivity contribution in [3.63, 3.8) is 0 Å². The van der Waals surface area contributed by atoms with Gasteiger partial charge < -0.3 is 10.5 Å². The zero-order chi connectivity index (χ0) is 14.9. The van der Waals surface area contributed by atoms with E-state index in [4.69, 9.17) is 10.5 Å². The first-order valence-corrected chi connectivity index (χ1v) is 6.83. The molecule has 2 rings (SSSR count). The van der Waals surface area contributed by atoms with E-state index in [0.29, 0.717) is 12.5 Å². The Hall–Kier alpha value is -1.20. The maximum absolute atomic E-state index is 13.7. The number of benzene rings is 1. The second kappa shape index (κ2) is 5.66. The van der Waals surface area contributed by atoms with Gasteiger partial charge in [-0.2, -0.15) is 0 Å². The van der Waals surface area contributed by atoms with Gasteiger partial charge in [0.25, 0.3) is 5.92 Å². The van der Waals surface area contributed by atoms with Gasteiger partial charge in [-0.05, 0) is 43.6 Å². The zero-order valence-corrected chi connectivity index (χ0v) is 12.2. The van der Waals surface area contributed by atoms with Crippen LogP contribution in [-0.2, 0) is 5.92 Å². The lowest BCUT2D eigenvalue weighted by atomic mass is 9.96. The van der Waals surface area contributed by atoms with Gasteiger partial charge in [0.2, 0.25) is 0 Å². The van der Waals surface area contributed by atoms with Crippen LogP contribution < -0.4 is 10.5 Å². The van der Waals surface area contributed by atoms with Crippen LogP contribution in [0.3, 0.4) is 0 Å². The lowest BCUT2D eigenvalue weighted by Crippen LogP contribution is -2.21. The van der Waals surface area contributed by atoms with Gasteiger partial charge in [-0.25, -0.2) is 8.78 Å². The smallest absolute Gasteiger partial charge is 0.274 e. The van der Waals surface area contributed by atoms with E-state index in [1.165, 1.54) is 7.11 Å². The fourth-order valence-corrected chi connectivity index (χ4v) is 2.94. The topological polar surface area (TPSA) is 38.5 Å². The SMILES string of the molecule is COc1ccc(C2CC(CN)CN2C)cc1C(C)(F)F. The second-order valence-corrected chi connectivity index (χ2v) is 5.64. The molecule has 1 aliphatic rings. The van der Waals surface area contributed by atoms with Crippen molar-refractivity contribution >= 4 is 0 Å². The molecule has 112 valence electrons. The van der Waals surface area contributed by atoms with E-state index >= 15 is 0 Å². The van der Waals surface area contributed by atoms with Crippen LogP contribution in [0.25, 0.3) is 0 Å². The van der Waals surface area contributed by atoms with Crippen LogP contribution in [0.4, 0.5) is 8.78 Å². The number of likely N-dealkylation sites (tertiary alicyclic amines) is 1. The molecule has 1 heterocycles. The van der Waals surface area contributed by atoms with Crippen molar-refractivity contribution in [1.29, 1.82) is 0 Å². The van der Waals surface area contributed by atoms with Gasteiger partial charge in [0.15, 0.2) is 0 Å². The van der Waals surface area contributed by atoms with E-state index in [0.717, 1.165) is 25.5 Å². The summed E-state index contributed by atoms with van der Waals surface area (Å²) in [6, 6.07) is 5.22. The van der Waals surface area contributed by atoms with Crippen molar-refractivity contribution in [2.75, 3.05) is 27.2 Å². The predicted molar refractivity (Wildman–Crippen MR) is 75.1 cm³/mol. The lowest BCUT2D eigenvalue weighted by Gasteiger charge is -2.22. The molecular formula is C15H22F2N2O. The van der Waals surface area contributed by atoms with Crippen LogP contribution in [0.1, 0.15) is 30.5 Å². The molecule has 1 aromatic carbocycles. The minimum atomic E-state index is -2.91. The Bertz CT molecular complexity index is 473. The molecule has 2 unspecified atom stereocenters. The van der Waals surface area contributed by atoms with E-state index in [-0.39, 0.29) is 17.4 Å². The maximum Gasteiger partial charge on any atom is 0.274 e. The molecule has 1 aliphatic heterocycles. The second-order valence-electron chi connectivity index (χ2n) is 5.64. The van der Waals surface area contributed by atoms with E-state index in [1.807, 2.05) is 13.1 Å². The van der Waals surface area contributed by atoms with Gasteiger partial charge in [0.05, 0.1) is 12.7 Å². The number of alkyl halides is 2. The van der Waals surface area contributed by atoms with Crippen LogP contribution in [-0.4, -0.2) is 32.1 Å².